The second-order valence-electron chi connectivity index (χ2n) is 6.40. The van der Waals surface area contributed by atoms with Crippen LogP contribution in [0.4, 0.5) is 0 Å². The van der Waals surface area contributed by atoms with Crippen molar-refractivity contribution in [2.24, 2.45) is 0 Å². The van der Waals surface area contributed by atoms with E-state index in [0.29, 0.717) is 20.9 Å². The normalized spacial score (nSPS) is 11.7. The predicted molar refractivity (Wildman–Crippen MR) is 110 cm³/mol. The average Bonchev–Trinajstić information content (AvgIpc) is 3.05. The lowest BCUT2D eigenvalue weighted by Gasteiger charge is -2.07. The summed E-state index contributed by atoms with van der Waals surface area (Å²) in [4.78, 5) is 18.5. The van der Waals surface area contributed by atoms with Gasteiger partial charge in [0.15, 0.2) is 0 Å². The first-order chi connectivity index (χ1) is 13.1. The number of benzene rings is 2. The van der Waals surface area contributed by atoms with Gasteiger partial charge in [-0.3, -0.25) is 4.79 Å². The molecule has 0 fully saturated rings. The van der Waals surface area contributed by atoms with Crippen LogP contribution in [-0.2, 0) is 0 Å². The lowest BCUT2D eigenvalue weighted by Crippen LogP contribution is -2.21. The molecule has 0 amide bonds. The van der Waals surface area contributed by atoms with Gasteiger partial charge in [-0.05, 0) is 30.9 Å². The van der Waals surface area contributed by atoms with E-state index in [-0.39, 0.29) is 5.56 Å². The third kappa shape index (κ3) is 2.30. The number of rotatable bonds is 1. The first-order valence-corrected chi connectivity index (χ1v) is 9.59. The lowest BCUT2D eigenvalue weighted by molar-refractivity contribution is 0.745. The molecule has 0 saturated heterocycles. The minimum absolute atomic E-state index is 0.201. The molecule has 0 saturated carbocycles. The zero-order valence-corrected chi connectivity index (χ0v) is 16.1. The summed E-state index contributed by atoms with van der Waals surface area (Å²) in [6.07, 6.45) is 0. The van der Waals surface area contributed by atoms with Gasteiger partial charge in [0, 0.05) is 10.8 Å². The Hall–Kier alpha value is -2.83. The molecule has 3 aromatic heterocycles. The predicted octanol–water partition coefficient (Wildman–Crippen LogP) is 4.81. The Labute approximate surface area is 162 Å². The molecule has 0 spiro atoms. The van der Waals surface area contributed by atoms with Crippen LogP contribution in [0, 0.1) is 13.8 Å². The van der Waals surface area contributed by atoms with Crippen molar-refractivity contribution in [2.75, 3.05) is 0 Å². The first kappa shape index (κ1) is 16.4. The van der Waals surface area contributed by atoms with E-state index >= 15 is 0 Å². The molecular formula is C20H13ClN4OS. The Morgan fingerprint density at radius 3 is 2.70 bits per heavy atom. The molecule has 7 heteroatoms. The van der Waals surface area contributed by atoms with Gasteiger partial charge in [0.25, 0.3) is 5.56 Å². The van der Waals surface area contributed by atoms with Crippen LogP contribution in [0.25, 0.3) is 36.9 Å². The molecule has 0 aliphatic carbocycles. The number of halogens is 1. The van der Waals surface area contributed by atoms with Crippen LogP contribution in [0.3, 0.4) is 0 Å². The fourth-order valence-corrected chi connectivity index (χ4v) is 4.71. The molecule has 5 rings (SSSR count). The van der Waals surface area contributed by atoms with Crippen molar-refractivity contribution < 1.29 is 0 Å². The summed E-state index contributed by atoms with van der Waals surface area (Å²) in [5.74, 6) is 0. The number of hydrogen-bond donors (Lipinski definition) is 0. The van der Waals surface area contributed by atoms with E-state index in [2.05, 4.69) is 15.3 Å². The maximum Gasteiger partial charge on any atom is 0.292 e. The van der Waals surface area contributed by atoms with Gasteiger partial charge < -0.3 is 0 Å². The van der Waals surface area contributed by atoms with Crippen molar-refractivity contribution in [1.29, 1.82) is 0 Å². The fraction of sp³-hybridized carbons (Fsp3) is 0.100. The molecule has 0 atom stereocenters. The molecule has 0 unspecified atom stereocenters. The summed E-state index contributed by atoms with van der Waals surface area (Å²) in [7, 11) is 0. The summed E-state index contributed by atoms with van der Waals surface area (Å²) >= 11 is 7.69. The highest BCUT2D eigenvalue weighted by molar-refractivity contribution is 7.25. The van der Waals surface area contributed by atoms with Crippen LogP contribution >= 0.6 is 22.9 Å². The highest BCUT2D eigenvalue weighted by atomic mass is 35.5. The number of nitrogens with zero attached hydrogens (tertiary/aromatic N) is 4. The molecule has 0 bridgehead atoms. The summed E-state index contributed by atoms with van der Waals surface area (Å²) in [6.45, 7) is 3.78. The number of aryl methyl sites for hydroxylation is 2. The van der Waals surface area contributed by atoms with Gasteiger partial charge in [-0.2, -0.15) is 4.68 Å². The zero-order valence-electron chi connectivity index (χ0n) is 14.5. The highest BCUT2D eigenvalue weighted by Crippen LogP contribution is 2.35. The van der Waals surface area contributed by atoms with Crippen molar-refractivity contribution in [2.45, 2.75) is 13.8 Å². The summed E-state index contributed by atoms with van der Waals surface area (Å²) in [5, 5.41) is 12.0. The number of aromatic nitrogens is 4. The number of hydrogen-bond acceptors (Lipinski definition) is 5. The monoisotopic (exact) mass is 392 g/mol. The molecular weight excluding hydrogens is 380 g/mol. The number of thiophene rings is 1. The van der Waals surface area contributed by atoms with Gasteiger partial charge in [-0.1, -0.05) is 53.2 Å². The highest BCUT2D eigenvalue weighted by Gasteiger charge is 2.19. The van der Waals surface area contributed by atoms with Crippen LogP contribution < -0.4 is 5.56 Å². The third-order valence-electron chi connectivity index (χ3n) is 4.77. The molecule has 0 radical (unpaired) electrons. The number of pyridine rings is 1. The summed E-state index contributed by atoms with van der Waals surface area (Å²) < 4.78 is 1.90. The SMILES string of the molecule is Cc1nc2sc3c(=O)n(-c4cccc5ccccc45)nnc3c2c(C)c1Cl. The van der Waals surface area contributed by atoms with E-state index in [0.717, 1.165) is 32.2 Å². The minimum Gasteiger partial charge on any atom is -0.266 e. The van der Waals surface area contributed by atoms with Crippen molar-refractivity contribution >= 4 is 54.1 Å². The molecule has 0 aliphatic heterocycles. The topological polar surface area (TPSA) is 60.7 Å². The van der Waals surface area contributed by atoms with Gasteiger partial charge in [0.2, 0.25) is 0 Å². The Morgan fingerprint density at radius 2 is 1.85 bits per heavy atom. The van der Waals surface area contributed by atoms with Crippen LogP contribution in [0.15, 0.2) is 47.3 Å². The Balaban J connectivity index is 1.88. The average molecular weight is 393 g/mol. The van der Waals surface area contributed by atoms with Gasteiger partial charge in [-0.15, -0.1) is 16.4 Å². The lowest BCUT2D eigenvalue weighted by atomic mass is 10.1. The molecule has 27 heavy (non-hydrogen) atoms. The third-order valence-corrected chi connectivity index (χ3v) is 6.39. The fourth-order valence-electron chi connectivity index (χ4n) is 3.43. The van der Waals surface area contributed by atoms with Crippen LogP contribution in [0.1, 0.15) is 11.3 Å². The van der Waals surface area contributed by atoms with E-state index in [1.807, 2.05) is 56.3 Å². The maximum atomic E-state index is 13.2. The van der Waals surface area contributed by atoms with Crippen LogP contribution in [-0.4, -0.2) is 20.0 Å². The van der Waals surface area contributed by atoms with Crippen molar-refractivity contribution in [3.63, 3.8) is 0 Å². The quantitative estimate of drug-likeness (QED) is 0.410. The van der Waals surface area contributed by atoms with E-state index in [1.165, 1.54) is 16.0 Å². The van der Waals surface area contributed by atoms with E-state index in [1.54, 1.807) is 0 Å². The van der Waals surface area contributed by atoms with Crippen molar-refractivity contribution in [3.8, 4) is 5.69 Å². The Kier molecular flexibility index (Phi) is 3.54. The largest absolute Gasteiger partial charge is 0.292 e. The first-order valence-electron chi connectivity index (χ1n) is 8.39. The standard InChI is InChI=1S/C20H13ClN4OS/c1-10-15-17-18(27-19(15)22-11(2)16(10)21)20(26)25(24-23-17)14-9-5-7-12-6-3-4-8-13(12)14/h3-9H,1-2H3. The second kappa shape index (κ2) is 5.84. The molecule has 132 valence electrons. The molecule has 3 heterocycles. The Morgan fingerprint density at radius 1 is 1.07 bits per heavy atom. The van der Waals surface area contributed by atoms with E-state index in [9.17, 15) is 4.79 Å². The zero-order chi connectivity index (χ0) is 18.7. The second-order valence-corrected chi connectivity index (χ2v) is 7.78. The van der Waals surface area contributed by atoms with Crippen LogP contribution in [0.5, 0.6) is 0 Å². The Bertz CT molecular complexity index is 1430. The van der Waals surface area contributed by atoms with Gasteiger partial charge in [-0.25, -0.2) is 4.98 Å². The maximum absolute atomic E-state index is 13.2. The summed E-state index contributed by atoms with van der Waals surface area (Å²) in [6, 6.07) is 13.7. The van der Waals surface area contributed by atoms with E-state index in [4.69, 9.17) is 11.6 Å². The van der Waals surface area contributed by atoms with Gasteiger partial charge in [0.05, 0.1) is 16.4 Å². The molecule has 0 N–H and O–H groups in total. The van der Waals surface area contributed by atoms with E-state index < -0.39 is 0 Å². The molecule has 0 aliphatic rings. The molecule has 2 aromatic carbocycles. The summed E-state index contributed by atoms with van der Waals surface area (Å²) in [5.41, 5.74) is 2.69. The van der Waals surface area contributed by atoms with Gasteiger partial charge in [0.1, 0.15) is 15.0 Å². The van der Waals surface area contributed by atoms with Crippen molar-refractivity contribution in [1.82, 2.24) is 20.0 Å². The molecule has 5 nitrogen and oxygen atoms in total. The van der Waals surface area contributed by atoms with Crippen molar-refractivity contribution in [3.05, 3.63) is 69.1 Å². The van der Waals surface area contributed by atoms with Gasteiger partial charge >= 0.3 is 0 Å². The smallest absolute Gasteiger partial charge is 0.266 e. The molecule has 5 aromatic rings. The van der Waals surface area contributed by atoms with Crippen LogP contribution in [0.2, 0.25) is 5.02 Å². The minimum atomic E-state index is -0.201. The number of fused-ring (bicyclic) bond motifs is 4.